The molecule has 0 aromatic heterocycles. The third-order valence-corrected chi connectivity index (χ3v) is 8.57. The van der Waals surface area contributed by atoms with Crippen molar-refractivity contribution in [1.82, 2.24) is 0 Å². The summed E-state index contributed by atoms with van der Waals surface area (Å²) < 4.78 is 33.3. The van der Waals surface area contributed by atoms with Gasteiger partial charge in [0.25, 0.3) is 0 Å². The van der Waals surface area contributed by atoms with Crippen LogP contribution < -0.4 is 11.5 Å². The lowest BCUT2D eigenvalue weighted by atomic mass is 9.88. The van der Waals surface area contributed by atoms with E-state index in [1.165, 1.54) is 13.8 Å². The molecule has 0 radical (unpaired) electrons. The molecular weight excluding hydrogens is 600 g/mol. The maximum Gasteiger partial charge on any atom is 0.404 e. The minimum absolute atomic E-state index is 0.00147. The van der Waals surface area contributed by atoms with Gasteiger partial charge in [0.1, 0.15) is 36.1 Å². The number of allylic oxidation sites excluding steroid dienone is 2. The smallest absolute Gasteiger partial charge is 0.404 e. The number of rotatable bonds is 12. The molecule has 0 aromatic carbocycles. The molecule has 2 heterocycles. The Bertz CT molecular complexity index is 1150. The van der Waals surface area contributed by atoms with Gasteiger partial charge in [-0.25, -0.2) is 9.59 Å². The fourth-order valence-corrected chi connectivity index (χ4v) is 5.87. The van der Waals surface area contributed by atoms with Crippen LogP contribution in [-0.4, -0.2) is 84.7 Å². The molecule has 260 valence electrons. The molecule has 0 bridgehead atoms. The van der Waals surface area contributed by atoms with Gasteiger partial charge in [0.05, 0.1) is 18.6 Å². The number of epoxide rings is 1. The number of amides is 2. The van der Waals surface area contributed by atoms with Gasteiger partial charge in [0.2, 0.25) is 0 Å². The monoisotopic (exact) mass is 652 g/mol. The Labute approximate surface area is 271 Å². The Morgan fingerprint density at radius 3 is 2.37 bits per heavy atom. The van der Waals surface area contributed by atoms with Crippen LogP contribution in [0.3, 0.4) is 0 Å². The van der Waals surface area contributed by atoms with E-state index in [9.17, 15) is 24.3 Å². The van der Waals surface area contributed by atoms with Crippen molar-refractivity contribution in [2.45, 2.75) is 122 Å². The average Bonchev–Trinajstić information content (AvgIpc) is 3.75. The van der Waals surface area contributed by atoms with Gasteiger partial charge in [-0.05, 0) is 44.8 Å². The van der Waals surface area contributed by atoms with E-state index in [0.717, 1.165) is 6.42 Å². The summed E-state index contributed by atoms with van der Waals surface area (Å²) in [6.45, 7) is 12.3. The Morgan fingerprint density at radius 2 is 1.80 bits per heavy atom. The number of ether oxygens (including phenoxy) is 6. The first kappa shape index (κ1) is 38.8. The highest BCUT2D eigenvalue weighted by Gasteiger charge is 2.52. The lowest BCUT2D eigenvalue weighted by Gasteiger charge is -2.33. The number of nitrogens with two attached hydrogens (primary N) is 2. The van der Waals surface area contributed by atoms with Crippen molar-refractivity contribution < 1.29 is 52.7 Å². The molecule has 2 amide bonds. The van der Waals surface area contributed by atoms with E-state index >= 15 is 0 Å². The molecule has 0 spiro atoms. The maximum atomic E-state index is 13.0. The number of hydrogen-bond acceptors (Lipinski definition) is 11. The van der Waals surface area contributed by atoms with Crippen LogP contribution in [0.4, 0.5) is 9.59 Å². The molecule has 0 saturated carbocycles. The first-order valence-electron chi connectivity index (χ1n) is 15.7. The topological polar surface area (TPSA) is 199 Å². The summed E-state index contributed by atoms with van der Waals surface area (Å²) >= 11 is 0. The number of carbonyl (C=O) groups excluding carboxylic acids is 4. The van der Waals surface area contributed by atoms with Gasteiger partial charge in [-0.3, -0.25) is 9.59 Å². The third-order valence-electron chi connectivity index (χ3n) is 8.57. The zero-order chi connectivity index (χ0) is 34.8. The highest BCUT2D eigenvalue weighted by Crippen LogP contribution is 2.39. The van der Waals surface area contributed by atoms with Crippen molar-refractivity contribution in [3.8, 4) is 0 Å². The van der Waals surface area contributed by atoms with Crippen molar-refractivity contribution in [3.05, 3.63) is 36.0 Å². The fraction of sp³-hybridized carbons (Fsp3) is 0.697. The highest BCUT2D eigenvalue weighted by molar-refractivity contribution is 5.72. The number of cyclic esters (lactones) is 1. The van der Waals surface area contributed by atoms with Crippen LogP contribution in [0.25, 0.3) is 0 Å². The quantitative estimate of drug-likeness (QED) is 0.0909. The van der Waals surface area contributed by atoms with Gasteiger partial charge < -0.3 is 45.0 Å². The Hall–Kier alpha value is -3.42. The molecule has 5 N–H and O–H groups in total. The van der Waals surface area contributed by atoms with E-state index in [1.807, 2.05) is 33.8 Å². The number of aliphatic hydroxyl groups is 1. The summed E-state index contributed by atoms with van der Waals surface area (Å²) in [5.41, 5.74) is 9.74. The predicted molar refractivity (Wildman–Crippen MR) is 168 cm³/mol. The van der Waals surface area contributed by atoms with E-state index in [1.54, 1.807) is 38.3 Å². The van der Waals surface area contributed by atoms with Crippen LogP contribution in [0.15, 0.2) is 36.0 Å². The minimum atomic E-state index is -1.53. The number of primary amides is 2. The summed E-state index contributed by atoms with van der Waals surface area (Å²) in [5, 5.41) is 11.2. The Balaban J connectivity index is 2.32. The normalized spacial score (nSPS) is 32.5. The molecule has 1 saturated heterocycles. The maximum absolute atomic E-state index is 13.0. The molecule has 11 atom stereocenters. The van der Waals surface area contributed by atoms with E-state index in [0.29, 0.717) is 5.57 Å². The van der Waals surface area contributed by atoms with Crippen molar-refractivity contribution >= 4 is 24.1 Å². The largest absolute Gasteiger partial charge is 0.457 e. The van der Waals surface area contributed by atoms with Gasteiger partial charge in [0, 0.05) is 31.8 Å². The predicted octanol–water partition coefficient (Wildman–Crippen LogP) is 3.85. The second-order valence-electron chi connectivity index (χ2n) is 12.5. The summed E-state index contributed by atoms with van der Waals surface area (Å²) in [5.74, 6) is -1.83. The highest BCUT2D eigenvalue weighted by atomic mass is 16.6. The molecule has 11 unspecified atom stereocenters. The average molecular weight is 653 g/mol. The Kier molecular flexibility index (Phi) is 14.7. The van der Waals surface area contributed by atoms with Crippen molar-refractivity contribution in [2.24, 2.45) is 29.2 Å². The first-order chi connectivity index (χ1) is 21.5. The summed E-state index contributed by atoms with van der Waals surface area (Å²) in [6.07, 6.45) is 3.46. The molecule has 2 aliphatic heterocycles. The lowest BCUT2D eigenvalue weighted by molar-refractivity contribution is -0.157. The summed E-state index contributed by atoms with van der Waals surface area (Å²) in [6, 6.07) is 0. The molecule has 1 fully saturated rings. The molecule has 2 rings (SSSR count). The van der Waals surface area contributed by atoms with Crippen LogP contribution >= 0.6 is 0 Å². The van der Waals surface area contributed by atoms with Crippen LogP contribution in [0.5, 0.6) is 0 Å². The van der Waals surface area contributed by atoms with Crippen LogP contribution in [0.2, 0.25) is 0 Å². The van der Waals surface area contributed by atoms with Gasteiger partial charge in [-0.15, -0.1) is 0 Å². The van der Waals surface area contributed by atoms with E-state index in [2.05, 4.69) is 0 Å². The molecular formula is C33H52N2O11. The number of esters is 2. The number of hydrogen-bond donors (Lipinski definition) is 3. The third kappa shape index (κ3) is 11.7. The van der Waals surface area contributed by atoms with Crippen LogP contribution in [-0.2, 0) is 38.0 Å². The van der Waals surface area contributed by atoms with Gasteiger partial charge in [0.15, 0.2) is 0 Å². The van der Waals surface area contributed by atoms with Crippen LogP contribution in [0, 0.1) is 17.8 Å². The molecule has 0 aliphatic carbocycles. The van der Waals surface area contributed by atoms with Gasteiger partial charge in [-0.2, -0.15) is 0 Å². The van der Waals surface area contributed by atoms with Crippen molar-refractivity contribution in [1.29, 1.82) is 0 Å². The SMILES string of the molecule is CCC(OC)C(C)C1OC1C(OC(N)=O)C(C)/C=C/C=C(\C)C1OC(=O)CC(OC(N)=O)CCC(C)(O)C(OC(C)=O)/C=C/C1C. The van der Waals surface area contributed by atoms with Crippen molar-refractivity contribution in [2.75, 3.05) is 7.11 Å². The number of carbonyl (C=O) groups is 4. The lowest BCUT2D eigenvalue weighted by Crippen LogP contribution is -2.42. The zero-order valence-electron chi connectivity index (χ0n) is 28.2. The van der Waals surface area contributed by atoms with E-state index < -0.39 is 60.1 Å². The van der Waals surface area contributed by atoms with Crippen molar-refractivity contribution in [3.63, 3.8) is 0 Å². The van der Waals surface area contributed by atoms with E-state index in [4.69, 9.17) is 39.9 Å². The van der Waals surface area contributed by atoms with Crippen LogP contribution in [0.1, 0.15) is 74.1 Å². The second-order valence-corrected chi connectivity index (χ2v) is 12.5. The second kappa shape index (κ2) is 17.5. The molecule has 13 nitrogen and oxygen atoms in total. The molecule has 46 heavy (non-hydrogen) atoms. The zero-order valence-corrected chi connectivity index (χ0v) is 28.2. The molecule has 2 aliphatic rings. The standard InChI is InChI=1S/C33H52N2O11/c1-9-24(41-8)21(5)29-30(45-29)28(46-32(35)39)19(3)12-10-11-18(2)27-20(4)13-14-25(42-22(6)36)33(7,40)16-15-23(43-31(34)38)17-26(37)44-27/h10-14,19-21,23-25,27-30,40H,9,15-17H2,1-8H3,(H2,34,38)(H2,35,39)/b12-10+,14-13+,18-11+. The minimum Gasteiger partial charge on any atom is -0.457 e. The van der Waals surface area contributed by atoms with Gasteiger partial charge in [-0.1, -0.05) is 52.0 Å². The molecule has 13 heteroatoms. The summed E-state index contributed by atoms with van der Waals surface area (Å²) in [7, 11) is 1.66. The fourth-order valence-electron chi connectivity index (χ4n) is 5.87. The molecule has 0 aromatic rings. The Morgan fingerprint density at radius 1 is 1.13 bits per heavy atom. The van der Waals surface area contributed by atoms with E-state index in [-0.39, 0.29) is 49.4 Å². The summed E-state index contributed by atoms with van der Waals surface area (Å²) in [4.78, 5) is 48.1. The first-order valence-corrected chi connectivity index (χ1v) is 15.7. The number of methoxy groups -OCH3 is 1. The van der Waals surface area contributed by atoms with Gasteiger partial charge >= 0.3 is 24.1 Å².